The van der Waals surface area contributed by atoms with E-state index in [1.807, 2.05) is 12.1 Å². The third-order valence-corrected chi connectivity index (χ3v) is 8.59. The van der Waals surface area contributed by atoms with Crippen molar-refractivity contribution in [2.45, 2.75) is 38.3 Å². The van der Waals surface area contributed by atoms with E-state index in [2.05, 4.69) is 5.32 Å². The maximum atomic E-state index is 14.8. The molecule has 0 bridgehead atoms. The standard InChI is InChI=1S/C30H29Cl2FN4O3/c1-17-8-9-18(15-22(17)33)28-27(35-24-6-3-7-25(39-2)37(24)28)30(38)36(14-12-19-5-4-13-34-19)23-16-40-29-20(23)10-11-21(31)26(29)32/h3,6-11,15,19,23,34H,4-5,12-14,16H2,1-2H3/t19-,23?/m0/s1. The zero-order valence-corrected chi connectivity index (χ0v) is 23.7. The molecule has 4 aromatic rings. The first kappa shape index (κ1) is 26.9. The normalized spacial score (nSPS) is 18.1. The number of nitrogens with zero attached hydrogens (tertiary/aromatic N) is 3. The van der Waals surface area contributed by atoms with Gasteiger partial charge in [0.2, 0.25) is 0 Å². The summed E-state index contributed by atoms with van der Waals surface area (Å²) in [5, 5.41) is 4.24. The number of rotatable bonds is 7. The Balaban J connectivity index is 1.49. The highest BCUT2D eigenvalue weighted by molar-refractivity contribution is 6.43. The number of fused-ring (bicyclic) bond motifs is 2. The molecule has 1 N–H and O–H groups in total. The monoisotopic (exact) mass is 582 g/mol. The summed E-state index contributed by atoms with van der Waals surface area (Å²) < 4.78 is 28.2. The van der Waals surface area contributed by atoms with Crippen LogP contribution in [0, 0.1) is 12.7 Å². The Morgan fingerprint density at radius 2 is 2.10 bits per heavy atom. The van der Waals surface area contributed by atoms with E-state index in [4.69, 9.17) is 37.7 Å². The van der Waals surface area contributed by atoms with E-state index in [1.165, 1.54) is 6.07 Å². The van der Waals surface area contributed by atoms with Crippen molar-refractivity contribution in [2.75, 3.05) is 26.8 Å². The molecule has 2 aromatic carbocycles. The molecule has 2 atom stereocenters. The average Bonchev–Trinajstić information content (AvgIpc) is 3.71. The second-order valence-corrected chi connectivity index (χ2v) is 11.0. The van der Waals surface area contributed by atoms with Gasteiger partial charge in [0.15, 0.2) is 11.6 Å². The van der Waals surface area contributed by atoms with Crippen LogP contribution in [-0.4, -0.2) is 53.0 Å². The lowest BCUT2D eigenvalue weighted by molar-refractivity contribution is 0.0636. The smallest absolute Gasteiger partial charge is 0.275 e. The van der Waals surface area contributed by atoms with Crippen molar-refractivity contribution in [2.24, 2.45) is 0 Å². The summed E-state index contributed by atoms with van der Waals surface area (Å²) in [6.45, 7) is 3.38. The highest BCUT2D eigenvalue weighted by Gasteiger charge is 2.37. The van der Waals surface area contributed by atoms with Crippen LogP contribution >= 0.6 is 23.2 Å². The summed E-state index contributed by atoms with van der Waals surface area (Å²) >= 11 is 12.7. The third-order valence-electron chi connectivity index (χ3n) is 7.81. The zero-order chi connectivity index (χ0) is 28.0. The van der Waals surface area contributed by atoms with Crippen LogP contribution in [-0.2, 0) is 0 Å². The van der Waals surface area contributed by atoms with E-state index in [1.54, 1.807) is 53.7 Å². The first-order chi connectivity index (χ1) is 19.4. The van der Waals surface area contributed by atoms with E-state index >= 15 is 0 Å². The van der Waals surface area contributed by atoms with Crippen LogP contribution in [0.2, 0.25) is 10.0 Å². The first-order valence-corrected chi connectivity index (χ1v) is 14.1. The van der Waals surface area contributed by atoms with Crippen molar-refractivity contribution < 1.29 is 18.7 Å². The number of carbonyl (C=O) groups excluding carboxylic acids is 1. The van der Waals surface area contributed by atoms with Gasteiger partial charge in [0.1, 0.15) is 28.8 Å². The summed E-state index contributed by atoms with van der Waals surface area (Å²) in [5.41, 5.74) is 3.03. The lowest BCUT2D eigenvalue weighted by Crippen LogP contribution is -2.39. The molecule has 0 saturated carbocycles. The number of methoxy groups -OCH3 is 1. The van der Waals surface area contributed by atoms with E-state index in [-0.39, 0.29) is 24.0 Å². The van der Waals surface area contributed by atoms with Crippen molar-refractivity contribution in [1.82, 2.24) is 19.6 Å². The molecule has 1 saturated heterocycles. The van der Waals surface area contributed by atoms with Crippen LogP contribution < -0.4 is 14.8 Å². The minimum atomic E-state index is -0.395. The molecule has 0 radical (unpaired) electrons. The van der Waals surface area contributed by atoms with Crippen LogP contribution in [0.3, 0.4) is 0 Å². The number of benzene rings is 2. The Kier molecular flexibility index (Phi) is 7.33. The molecule has 2 aromatic heterocycles. The molecule has 7 nitrogen and oxygen atoms in total. The number of aromatic nitrogens is 2. The quantitative estimate of drug-likeness (QED) is 0.270. The summed E-state index contributed by atoms with van der Waals surface area (Å²) in [7, 11) is 1.55. The van der Waals surface area contributed by atoms with E-state index in [0.717, 1.165) is 31.4 Å². The molecule has 2 aliphatic rings. The fraction of sp³-hybridized carbons (Fsp3) is 0.333. The van der Waals surface area contributed by atoms with Crippen molar-refractivity contribution in [3.05, 3.63) is 81.2 Å². The minimum absolute atomic E-state index is 0.209. The minimum Gasteiger partial charge on any atom is -0.489 e. The largest absolute Gasteiger partial charge is 0.489 e. The van der Waals surface area contributed by atoms with Crippen LogP contribution in [0.5, 0.6) is 11.6 Å². The van der Waals surface area contributed by atoms with Crippen molar-refractivity contribution in [3.63, 3.8) is 0 Å². The Bertz CT molecular complexity index is 1600. The molecular weight excluding hydrogens is 554 g/mol. The number of aryl methyl sites for hydroxylation is 1. The van der Waals surface area contributed by atoms with Crippen LogP contribution in [0.15, 0.2) is 48.5 Å². The molecular formula is C30H29Cl2FN4O3. The number of amides is 1. The maximum absolute atomic E-state index is 14.8. The number of halogens is 3. The molecule has 2 aliphatic heterocycles. The van der Waals surface area contributed by atoms with Gasteiger partial charge in [-0.25, -0.2) is 9.37 Å². The average molecular weight is 583 g/mol. The van der Waals surface area contributed by atoms with E-state index < -0.39 is 6.04 Å². The van der Waals surface area contributed by atoms with Gasteiger partial charge in [-0.05, 0) is 62.6 Å². The molecule has 0 spiro atoms. The molecule has 1 amide bonds. The number of hydrogen-bond acceptors (Lipinski definition) is 5. The predicted octanol–water partition coefficient (Wildman–Crippen LogP) is 6.48. The molecule has 1 unspecified atom stereocenters. The summed E-state index contributed by atoms with van der Waals surface area (Å²) in [6.07, 6.45) is 2.93. The third kappa shape index (κ3) is 4.68. The number of nitrogens with one attached hydrogen (secondary N) is 1. The van der Waals surface area contributed by atoms with Gasteiger partial charge in [0, 0.05) is 23.7 Å². The van der Waals surface area contributed by atoms with Gasteiger partial charge in [-0.2, -0.15) is 0 Å². The summed E-state index contributed by atoms with van der Waals surface area (Å²) in [5.74, 6) is 0.327. The van der Waals surface area contributed by atoms with E-state index in [0.29, 0.717) is 56.7 Å². The molecule has 6 rings (SSSR count). The summed E-state index contributed by atoms with van der Waals surface area (Å²) in [6, 6.07) is 13.8. The number of hydrogen-bond donors (Lipinski definition) is 1. The zero-order valence-electron chi connectivity index (χ0n) is 22.2. The first-order valence-electron chi connectivity index (χ1n) is 13.3. The van der Waals surface area contributed by atoms with Crippen molar-refractivity contribution in [1.29, 1.82) is 0 Å². The van der Waals surface area contributed by atoms with Gasteiger partial charge in [0.05, 0.1) is 23.9 Å². The lowest BCUT2D eigenvalue weighted by atomic mass is 10.0. The van der Waals surface area contributed by atoms with Crippen molar-refractivity contribution in [3.8, 4) is 22.9 Å². The second kappa shape index (κ2) is 10.9. The number of carbonyl (C=O) groups is 1. The maximum Gasteiger partial charge on any atom is 0.275 e. The number of pyridine rings is 1. The fourth-order valence-electron chi connectivity index (χ4n) is 5.68. The van der Waals surface area contributed by atoms with Gasteiger partial charge in [-0.1, -0.05) is 47.5 Å². The molecule has 40 heavy (non-hydrogen) atoms. The van der Waals surface area contributed by atoms with Gasteiger partial charge in [0.25, 0.3) is 5.91 Å². The van der Waals surface area contributed by atoms with Gasteiger partial charge < -0.3 is 19.7 Å². The molecule has 208 valence electrons. The molecule has 10 heteroatoms. The number of ether oxygens (including phenoxy) is 2. The molecule has 0 aliphatic carbocycles. The Morgan fingerprint density at radius 1 is 1.25 bits per heavy atom. The van der Waals surface area contributed by atoms with Crippen molar-refractivity contribution >= 4 is 34.8 Å². The Labute approximate surface area is 241 Å². The SMILES string of the molecule is COc1cccc2nc(C(=O)N(CC[C@@H]3CCCN3)C3COc4c3ccc(Cl)c4Cl)c(-c3ccc(C)c(F)c3)n12. The van der Waals surface area contributed by atoms with Crippen LogP contribution in [0.4, 0.5) is 4.39 Å². The second-order valence-electron chi connectivity index (χ2n) is 10.2. The fourth-order valence-corrected chi connectivity index (χ4v) is 6.05. The van der Waals surface area contributed by atoms with E-state index in [9.17, 15) is 9.18 Å². The van der Waals surface area contributed by atoms with Gasteiger partial charge in [-0.3, -0.25) is 9.20 Å². The van der Waals surface area contributed by atoms with Crippen LogP contribution in [0.1, 0.15) is 46.9 Å². The summed E-state index contributed by atoms with van der Waals surface area (Å²) in [4.78, 5) is 21.2. The number of imidazole rings is 1. The van der Waals surface area contributed by atoms with Gasteiger partial charge >= 0.3 is 0 Å². The lowest BCUT2D eigenvalue weighted by Gasteiger charge is -2.29. The highest BCUT2D eigenvalue weighted by atomic mass is 35.5. The topological polar surface area (TPSA) is 68.1 Å². The van der Waals surface area contributed by atoms with Gasteiger partial charge in [-0.15, -0.1) is 0 Å². The highest BCUT2D eigenvalue weighted by Crippen LogP contribution is 2.45. The molecule has 1 fully saturated rings. The Morgan fingerprint density at radius 3 is 2.85 bits per heavy atom. The predicted molar refractivity (Wildman–Crippen MR) is 153 cm³/mol. The van der Waals surface area contributed by atoms with Crippen LogP contribution in [0.25, 0.3) is 16.9 Å². The Hall–Kier alpha value is -3.33. The molecule has 4 heterocycles.